The van der Waals surface area contributed by atoms with Gasteiger partial charge in [0.15, 0.2) is 0 Å². The van der Waals surface area contributed by atoms with Crippen LogP contribution < -0.4 is 5.73 Å². The zero-order chi connectivity index (χ0) is 16.6. The average molecular weight is 289 g/mol. The molecule has 0 spiro atoms. The van der Waals surface area contributed by atoms with Gasteiger partial charge in [-0.1, -0.05) is 53.2 Å². The van der Waals surface area contributed by atoms with Gasteiger partial charge in [0.25, 0.3) is 0 Å². The third-order valence-corrected chi connectivity index (χ3v) is 3.78. The van der Waals surface area contributed by atoms with Crippen molar-refractivity contribution in [2.24, 2.45) is 5.73 Å². The summed E-state index contributed by atoms with van der Waals surface area (Å²) in [7, 11) is 0. The molecule has 0 heterocycles. The van der Waals surface area contributed by atoms with Crippen molar-refractivity contribution in [3.05, 3.63) is 41.0 Å². The van der Waals surface area contributed by atoms with E-state index in [2.05, 4.69) is 60.3 Å². The number of phenolic OH excluding ortho intramolecular Hbond substituents is 1. The predicted molar refractivity (Wildman–Crippen MR) is 91.9 cm³/mol. The van der Waals surface area contributed by atoms with E-state index in [0.29, 0.717) is 12.2 Å². The average Bonchev–Trinajstić information content (AvgIpc) is 2.24. The number of nitrogens with two attached hydrogens (primary N) is 1. The number of benzene rings is 1. The molecule has 0 saturated carbocycles. The lowest BCUT2D eigenvalue weighted by molar-refractivity contribution is 0.432. The van der Waals surface area contributed by atoms with Crippen molar-refractivity contribution in [2.75, 3.05) is 0 Å². The Morgan fingerprint density at radius 1 is 1.14 bits per heavy atom. The Morgan fingerprint density at radius 3 is 2.05 bits per heavy atom. The Morgan fingerprint density at radius 2 is 1.67 bits per heavy atom. The summed E-state index contributed by atoms with van der Waals surface area (Å²) >= 11 is 0. The van der Waals surface area contributed by atoms with E-state index < -0.39 is 0 Å². The van der Waals surface area contributed by atoms with Crippen molar-refractivity contribution in [3.63, 3.8) is 0 Å². The SMILES string of the molecule is C=C(C)C[C@H](N)c1cc(C(C)(C)C)cc(C(C)(C)C)c1O. The molecule has 1 aromatic rings. The maximum Gasteiger partial charge on any atom is 0.124 e. The fourth-order valence-electron chi connectivity index (χ4n) is 2.43. The van der Waals surface area contributed by atoms with Gasteiger partial charge in [0, 0.05) is 11.6 Å². The summed E-state index contributed by atoms with van der Waals surface area (Å²) in [6.07, 6.45) is 0.685. The van der Waals surface area contributed by atoms with Crippen LogP contribution in [0.2, 0.25) is 0 Å². The molecule has 0 aliphatic rings. The first-order valence-corrected chi connectivity index (χ1v) is 7.62. The largest absolute Gasteiger partial charge is 0.507 e. The molecule has 1 rings (SSSR count). The highest BCUT2D eigenvalue weighted by atomic mass is 16.3. The fourth-order valence-corrected chi connectivity index (χ4v) is 2.43. The molecule has 0 aliphatic carbocycles. The van der Waals surface area contributed by atoms with Gasteiger partial charge in [-0.3, -0.25) is 0 Å². The highest BCUT2D eigenvalue weighted by Gasteiger charge is 2.26. The summed E-state index contributed by atoms with van der Waals surface area (Å²) in [5.41, 5.74) is 10.2. The summed E-state index contributed by atoms with van der Waals surface area (Å²) in [6.45, 7) is 18.8. The van der Waals surface area contributed by atoms with Gasteiger partial charge in [-0.05, 0) is 41.4 Å². The van der Waals surface area contributed by atoms with Crippen LogP contribution in [0.3, 0.4) is 0 Å². The van der Waals surface area contributed by atoms with Crippen LogP contribution in [0.15, 0.2) is 24.3 Å². The number of hydrogen-bond donors (Lipinski definition) is 2. The van der Waals surface area contributed by atoms with Crippen molar-refractivity contribution in [3.8, 4) is 5.75 Å². The summed E-state index contributed by atoms with van der Waals surface area (Å²) in [5, 5.41) is 10.7. The molecule has 0 aliphatic heterocycles. The van der Waals surface area contributed by atoms with Crippen LogP contribution in [0.4, 0.5) is 0 Å². The van der Waals surface area contributed by atoms with Gasteiger partial charge in [0.1, 0.15) is 5.75 Å². The van der Waals surface area contributed by atoms with E-state index >= 15 is 0 Å². The normalized spacial score (nSPS) is 14.1. The molecule has 0 amide bonds. The summed E-state index contributed by atoms with van der Waals surface area (Å²) < 4.78 is 0. The third kappa shape index (κ3) is 4.34. The molecule has 0 unspecified atom stereocenters. The van der Waals surface area contributed by atoms with E-state index in [4.69, 9.17) is 5.73 Å². The second kappa shape index (κ2) is 5.84. The molecule has 0 radical (unpaired) electrons. The summed E-state index contributed by atoms with van der Waals surface area (Å²) in [6, 6.07) is 3.95. The topological polar surface area (TPSA) is 46.2 Å². The van der Waals surface area contributed by atoms with Crippen LogP contribution in [-0.2, 0) is 10.8 Å². The van der Waals surface area contributed by atoms with Crippen LogP contribution in [0.5, 0.6) is 5.75 Å². The van der Waals surface area contributed by atoms with Gasteiger partial charge in [-0.25, -0.2) is 0 Å². The van der Waals surface area contributed by atoms with Crippen LogP contribution in [0.1, 0.15) is 77.6 Å². The van der Waals surface area contributed by atoms with E-state index in [9.17, 15) is 5.11 Å². The quantitative estimate of drug-likeness (QED) is 0.773. The zero-order valence-corrected chi connectivity index (χ0v) is 14.7. The van der Waals surface area contributed by atoms with Crippen molar-refractivity contribution < 1.29 is 5.11 Å². The highest BCUT2D eigenvalue weighted by molar-refractivity contribution is 5.50. The zero-order valence-electron chi connectivity index (χ0n) is 14.7. The second-order valence-corrected chi connectivity index (χ2v) is 8.23. The van der Waals surface area contributed by atoms with Crippen molar-refractivity contribution >= 4 is 0 Å². The Hall–Kier alpha value is -1.28. The Balaban J connectivity index is 3.52. The molecular weight excluding hydrogens is 258 g/mol. The number of aromatic hydroxyl groups is 1. The summed E-state index contributed by atoms with van der Waals surface area (Å²) in [5.74, 6) is 0.337. The molecular formula is C19H31NO. The maximum atomic E-state index is 10.7. The predicted octanol–water partition coefficient (Wildman–Crippen LogP) is 4.95. The Labute approximate surface area is 130 Å². The van der Waals surface area contributed by atoms with Gasteiger partial charge in [-0.15, -0.1) is 6.58 Å². The molecule has 0 saturated heterocycles. The molecule has 118 valence electrons. The molecule has 3 N–H and O–H groups in total. The molecule has 2 nitrogen and oxygen atoms in total. The number of hydrogen-bond acceptors (Lipinski definition) is 2. The Bertz CT molecular complexity index is 530. The molecule has 1 aromatic carbocycles. The van der Waals surface area contributed by atoms with Crippen LogP contribution >= 0.6 is 0 Å². The van der Waals surface area contributed by atoms with Gasteiger partial charge in [0.2, 0.25) is 0 Å². The smallest absolute Gasteiger partial charge is 0.124 e. The van der Waals surface area contributed by atoms with Crippen molar-refractivity contribution in [1.82, 2.24) is 0 Å². The monoisotopic (exact) mass is 289 g/mol. The summed E-state index contributed by atoms with van der Waals surface area (Å²) in [4.78, 5) is 0. The van der Waals surface area contributed by atoms with Gasteiger partial charge >= 0.3 is 0 Å². The van der Waals surface area contributed by atoms with Gasteiger partial charge in [0.05, 0.1) is 0 Å². The molecule has 0 fully saturated rings. The van der Waals surface area contributed by atoms with Crippen molar-refractivity contribution in [2.45, 2.75) is 71.8 Å². The molecule has 21 heavy (non-hydrogen) atoms. The first kappa shape index (κ1) is 17.8. The lowest BCUT2D eigenvalue weighted by Gasteiger charge is -2.29. The molecule has 2 heteroatoms. The van der Waals surface area contributed by atoms with Crippen LogP contribution in [0, 0.1) is 0 Å². The first-order valence-electron chi connectivity index (χ1n) is 7.62. The van der Waals surface area contributed by atoms with Crippen LogP contribution in [0.25, 0.3) is 0 Å². The van der Waals surface area contributed by atoms with E-state index in [1.807, 2.05) is 6.92 Å². The van der Waals surface area contributed by atoms with Crippen molar-refractivity contribution in [1.29, 1.82) is 0 Å². The number of phenols is 1. The Kier molecular flexibility index (Phi) is 4.94. The van der Waals surface area contributed by atoms with E-state index in [1.54, 1.807) is 0 Å². The first-order chi connectivity index (χ1) is 9.34. The van der Waals surface area contributed by atoms with Gasteiger partial charge in [-0.2, -0.15) is 0 Å². The second-order valence-electron chi connectivity index (χ2n) is 8.23. The minimum absolute atomic E-state index is 0.0192. The van der Waals surface area contributed by atoms with Crippen LogP contribution in [-0.4, -0.2) is 5.11 Å². The highest BCUT2D eigenvalue weighted by Crippen LogP contribution is 2.40. The van der Waals surface area contributed by atoms with Gasteiger partial charge < -0.3 is 10.8 Å². The van der Waals surface area contributed by atoms with E-state index in [1.165, 1.54) is 5.56 Å². The molecule has 0 aromatic heterocycles. The lowest BCUT2D eigenvalue weighted by Crippen LogP contribution is -2.20. The molecule has 0 bridgehead atoms. The lowest BCUT2D eigenvalue weighted by atomic mass is 9.78. The fraction of sp³-hybridized carbons (Fsp3) is 0.579. The maximum absolute atomic E-state index is 10.7. The minimum Gasteiger partial charge on any atom is -0.507 e. The number of rotatable bonds is 3. The molecule has 1 atom stereocenters. The third-order valence-electron chi connectivity index (χ3n) is 3.78. The van der Waals surface area contributed by atoms with E-state index in [-0.39, 0.29) is 16.9 Å². The minimum atomic E-state index is -0.217. The standard InChI is InChI=1S/C19H31NO/c1-12(2)9-16(20)14-10-13(18(3,4)5)11-15(17(14)21)19(6,7)8/h10-11,16,21H,1,9,20H2,2-8H3/t16-/m0/s1. The van der Waals surface area contributed by atoms with E-state index in [0.717, 1.165) is 16.7 Å².